The fraction of sp³-hybridized carbons (Fsp3) is 0.261. The summed E-state index contributed by atoms with van der Waals surface area (Å²) in [6.07, 6.45) is 2.46. The molecule has 3 nitrogen and oxygen atoms in total. The van der Waals surface area contributed by atoms with E-state index < -0.39 is 0 Å². The van der Waals surface area contributed by atoms with Crippen LogP contribution in [0.2, 0.25) is 10.0 Å². The van der Waals surface area contributed by atoms with Crippen LogP contribution in [0, 0.1) is 5.92 Å². The largest absolute Gasteiger partial charge is 0.354 e. The van der Waals surface area contributed by atoms with Gasteiger partial charge in [0.1, 0.15) is 0 Å². The predicted octanol–water partition coefficient (Wildman–Crippen LogP) is 6.70. The molecule has 0 N–H and O–H groups in total. The van der Waals surface area contributed by atoms with Crippen molar-refractivity contribution >= 4 is 45.3 Å². The first-order chi connectivity index (χ1) is 13.6. The standard InChI is InChI=1S/C23H21Cl2N3/c1-15-8-7-13-27(14-15)23-18-12-6-5-11-17(18)22-20(25)19(24)21(28(22)26-23)16-9-3-2-4-10-16/h2-6,9-12,15H,7-8,13-14H2,1H3. The molecule has 3 heterocycles. The molecule has 0 aliphatic carbocycles. The second kappa shape index (κ2) is 6.98. The Balaban J connectivity index is 1.86. The van der Waals surface area contributed by atoms with E-state index in [1.807, 2.05) is 40.9 Å². The van der Waals surface area contributed by atoms with Crippen LogP contribution in [-0.2, 0) is 0 Å². The van der Waals surface area contributed by atoms with Gasteiger partial charge in [0.2, 0.25) is 0 Å². The monoisotopic (exact) mass is 409 g/mol. The van der Waals surface area contributed by atoms with E-state index in [-0.39, 0.29) is 0 Å². The normalized spacial score (nSPS) is 17.5. The molecule has 2 aromatic carbocycles. The zero-order valence-electron chi connectivity index (χ0n) is 15.7. The maximum atomic E-state index is 6.73. The number of rotatable bonds is 2. The Hall–Kier alpha value is -2.23. The fourth-order valence-electron chi connectivity index (χ4n) is 4.33. The highest BCUT2D eigenvalue weighted by atomic mass is 35.5. The number of nitrogens with zero attached hydrogens (tertiary/aromatic N) is 3. The minimum atomic E-state index is 0.551. The number of hydrogen-bond acceptors (Lipinski definition) is 2. The van der Waals surface area contributed by atoms with Crippen molar-refractivity contribution in [3.8, 4) is 11.3 Å². The summed E-state index contributed by atoms with van der Waals surface area (Å²) in [4.78, 5) is 2.41. The maximum absolute atomic E-state index is 6.73. The third-order valence-electron chi connectivity index (χ3n) is 5.65. The van der Waals surface area contributed by atoms with E-state index in [4.69, 9.17) is 28.3 Å². The topological polar surface area (TPSA) is 20.5 Å². The van der Waals surface area contributed by atoms with E-state index in [9.17, 15) is 0 Å². The van der Waals surface area contributed by atoms with Gasteiger partial charge in [-0.2, -0.15) is 0 Å². The van der Waals surface area contributed by atoms with E-state index in [0.717, 1.165) is 46.5 Å². The van der Waals surface area contributed by atoms with Crippen molar-refractivity contribution in [1.29, 1.82) is 0 Å². The molecule has 0 radical (unpaired) electrons. The first-order valence-corrected chi connectivity index (χ1v) is 10.5. The van der Waals surface area contributed by atoms with Crippen molar-refractivity contribution in [3.63, 3.8) is 0 Å². The Morgan fingerprint density at radius 2 is 1.64 bits per heavy atom. The Morgan fingerprint density at radius 3 is 2.39 bits per heavy atom. The molecule has 1 aliphatic rings. The van der Waals surface area contributed by atoms with Crippen LogP contribution in [0.5, 0.6) is 0 Å². The average Bonchev–Trinajstić information content (AvgIpc) is 2.98. The van der Waals surface area contributed by atoms with E-state index in [1.165, 1.54) is 12.8 Å². The van der Waals surface area contributed by atoms with Crippen LogP contribution in [0.3, 0.4) is 0 Å². The Kier molecular flexibility index (Phi) is 4.45. The van der Waals surface area contributed by atoms with E-state index in [1.54, 1.807) is 0 Å². The van der Waals surface area contributed by atoms with Gasteiger partial charge < -0.3 is 4.90 Å². The molecule has 1 aliphatic heterocycles. The molecule has 0 spiro atoms. The van der Waals surface area contributed by atoms with Gasteiger partial charge in [0.25, 0.3) is 0 Å². The molecule has 0 amide bonds. The number of anilines is 1. The summed E-state index contributed by atoms with van der Waals surface area (Å²) in [5.41, 5.74) is 2.73. The second-order valence-electron chi connectivity index (χ2n) is 7.67. The predicted molar refractivity (Wildman–Crippen MR) is 119 cm³/mol. The highest BCUT2D eigenvalue weighted by Gasteiger charge is 2.25. The van der Waals surface area contributed by atoms with Gasteiger partial charge in [-0.15, -0.1) is 5.10 Å². The molecule has 142 valence electrons. The van der Waals surface area contributed by atoms with Gasteiger partial charge in [0.05, 0.1) is 21.3 Å². The molecule has 1 fully saturated rings. The number of hydrogen-bond donors (Lipinski definition) is 0. The minimum absolute atomic E-state index is 0.551. The van der Waals surface area contributed by atoms with Gasteiger partial charge in [-0.25, -0.2) is 4.52 Å². The van der Waals surface area contributed by atoms with Crippen molar-refractivity contribution in [1.82, 2.24) is 9.61 Å². The molecule has 0 saturated carbocycles. The van der Waals surface area contributed by atoms with E-state index >= 15 is 0 Å². The van der Waals surface area contributed by atoms with Gasteiger partial charge in [0.15, 0.2) is 5.82 Å². The molecule has 28 heavy (non-hydrogen) atoms. The molecule has 2 aromatic heterocycles. The third-order valence-corrected chi connectivity index (χ3v) is 6.49. The summed E-state index contributed by atoms with van der Waals surface area (Å²) >= 11 is 13.5. The van der Waals surface area contributed by atoms with Crippen LogP contribution in [0.4, 0.5) is 5.82 Å². The zero-order valence-corrected chi connectivity index (χ0v) is 17.2. The smallest absolute Gasteiger partial charge is 0.157 e. The Bertz CT molecular complexity index is 1170. The summed E-state index contributed by atoms with van der Waals surface area (Å²) in [7, 11) is 0. The van der Waals surface area contributed by atoms with Crippen LogP contribution >= 0.6 is 23.2 Å². The van der Waals surface area contributed by atoms with Gasteiger partial charge in [0, 0.05) is 29.4 Å². The van der Waals surface area contributed by atoms with Crippen molar-refractivity contribution in [2.24, 2.45) is 5.92 Å². The summed E-state index contributed by atoms with van der Waals surface area (Å²) in [6.45, 7) is 4.35. The van der Waals surface area contributed by atoms with Gasteiger partial charge >= 0.3 is 0 Å². The molecular weight excluding hydrogens is 389 g/mol. The number of fused-ring (bicyclic) bond motifs is 3. The SMILES string of the molecule is CC1CCCN(c2nn3c(-c4ccccc4)c(Cl)c(Cl)c3c3ccccc23)C1. The molecule has 1 atom stereocenters. The summed E-state index contributed by atoms with van der Waals surface area (Å²) in [5.74, 6) is 1.67. The number of halogens is 2. The highest BCUT2D eigenvalue weighted by Crippen LogP contribution is 2.43. The zero-order chi connectivity index (χ0) is 19.3. The lowest BCUT2D eigenvalue weighted by Crippen LogP contribution is -2.35. The molecule has 1 saturated heterocycles. The molecular formula is C23H21Cl2N3. The van der Waals surface area contributed by atoms with Gasteiger partial charge in [-0.3, -0.25) is 0 Å². The number of piperidine rings is 1. The summed E-state index contributed by atoms with van der Waals surface area (Å²) in [5, 5.41) is 8.41. The van der Waals surface area contributed by atoms with Crippen LogP contribution in [0.1, 0.15) is 19.8 Å². The molecule has 5 rings (SSSR count). The number of aromatic nitrogens is 2. The average molecular weight is 410 g/mol. The van der Waals surface area contributed by atoms with Crippen LogP contribution in [0.25, 0.3) is 27.5 Å². The molecule has 0 bridgehead atoms. The summed E-state index contributed by atoms with van der Waals surface area (Å²) in [6, 6.07) is 18.5. The fourth-order valence-corrected chi connectivity index (χ4v) is 4.88. The maximum Gasteiger partial charge on any atom is 0.157 e. The Labute approximate surface area is 174 Å². The molecule has 4 aromatic rings. The van der Waals surface area contributed by atoms with Crippen molar-refractivity contribution in [2.45, 2.75) is 19.8 Å². The molecule has 1 unspecified atom stereocenters. The van der Waals surface area contributed by atoms with Crippen molar-refractivity contribution in [2.75, 3.05) is 18.0 Å². The second-order valence-corrected chi connectivity index (χ2v) is 8.42. The van der Waals surface area contributed by atoms with Gasteiger partial charge in [-0.1, -0.05) is 84.7 Å². The highest BCUT2D eigenvalue weighted by molar-refractivity contribution is 6.47. The van der Waals surface area contributed by atoms with Crippen molar-refractivity contribution in [3.05, 3.63) is 64.6 Å². The molecule has 5 heteroatoms. The Morgan fingerprint density at radius 1 is 0.929 bits per heavy atom. The van der Waals surface area contributed by atoms with Crippen LogP contribution in [-0.4, -0.2) is 22.7 Å². The lowest BCUT2D eigenvalue weighted by Gasteiger charge is -2.32. The third kappa shape index (κ3) is 2.76. The van der Waals surface area contributed by atoms with Crippen molar-refractivity contribution < 1.29 is 0 Å². The van der Waals surface area contributed by atoms with E-state index in [2.05, 4.69) is 30.0 Å². The van der Waals surface area contributed by atoms with Crippen LogP contribution in [0.15, 0.2) is 54.6 Å². The van der Waals surface area contributed by atoms with Gasteiger partial charge in [-0.05, 0) is 18.8 Å². The lowest BCUT2D eigenvalue weighted by atomic mass is 10.00. The number of benzene rings is 2. The quantitative estimate of drug-likeness (QED) is 0.367. The van der Waals surface area contributed by atoms with Crippen LogP contribution < -0.4 is 4.90 Å². The first kappa shape index (κ1) is 17.8. The summed E-state index contributed by atoms with van der Waals surface area (Å²) < 4.78 is 1.94. The minimum Gasteiger partial charge on any atom is -0.354 e. The lowest BCUT2D eigenvalue weighted by molar-refractivity contribution is 0.444. The first-order valence-electron chi connectivity index (χ1n) is 9.74. The van der Waals surface area contributed by atoms with E-state index in [0.29, 0.717) is 16.0 Å².